The molecule has 0 fully saturated rings. The minimum atomic E-state index is 0.0595. The Bertz CT molecular complexity index is 8940. The molecule has 0 saturated carbocycles. The molecule has 0 N–H and O–H groups in total. The van der Waals surface area contributed by atoms with Crippen LogP contribution in [0.25, 0.3) is 252 Å². The van der Waals surface area contributed by atoms with Gasteiger partial charge in [-0.15, -0.1) is 0 Å². The Balaban J connectivity index is 0.000000114. The van der Waals surface area contributed by atoms with Crippen molar-refractivity contribution in [3.63, 3.8) is 0 Å². The average molecular weight is 1760 g/mol. The van der Waals surface area contributed by atoms with Crippen LogP contribution in [0.3, 0.4) is 0 Å². The molecule has 26 rings (SSSR count). The fourth-order valence-electron chi connectivity index (χ4n) is 21.6. The van der Waals surface area contributed by atoms with Crippen molar-refractivity contribution < 1.29 is 0 Å². The minimum absolute atomic E-state index is 0.0595. The standard InChI is InChI=1S/C54H36.C44H34.C39H25N/c1-5-17-37(18-6-1)39-29-33-43(34-30-39)51-47-27-15-16-28-48(47)52(44-35-31-40(32-36-44)38-19-7-2-8-20-38)54-50(42-23-11-4-12-24-42)46-26-14-13-25-45(46)49(53(51)54)41-21-9-3-10-22-41;1-44(2,3)34-20-13-19-33(26-34)42-36-22-11-12-23-37(36)43(40-28-32-18-8-7-17-31(32)27-39(40)42)38-25-24-29-14-9-10-21-35(29)41(38)30-15-5-4-6-16-30;1-2-10-26(11-3-1)27-18-20-29(21-19-27)38-32-15-7-8-16-33(32)39(37-23-22-28-12-6-9-17-36(28)40-37)35-25-31-14-5-4-13-30(31)24-34(35)38/h1-36H;4-28H,1-3H3;1-25H. The first-order valence-electron chi connectivity index (χ1n) is 47.9. The van der Waals surface area contributed by atoms with Crippen molar-refractivity contribution in [1.82, 2.24) is 4.98 Å². The summed E-state index contributed by atoms with van der Waals surface area (Å²) in [6.07, 6.45) is 0. The van der Waals surface area contributed by atoms with Crippen LogP contribution in [-0.4, -0.2) is 4.98 Å². The number of nitrogens with zero attached hydrogens (tertiary/aromatic N) is 1. The molecule has 1 aromatic heterocycles. The quantitative estimate of drug-likeness (QED) is 0.111. The van der Waals surface area contributed by atoms with Crippen molar-refractivity contribution in [1.29, 1.82) is 0 Å². The molecule has 648 valence electrons. The van der Waals surface area contributed by atoms with Gasteiger partial charge in [0.1, 0.15) is 0 Å². The van der Waals surface area contributed by atoms with Gasteiger partial charge < -0.3 is 0 Å². The number of rotatable bonds is 12. The second kappa shape index (κ2) is 35.8. The van der Waals surface area contributed by atoms with Gasteiger partial charge in [0.15, 0.2) is 0 Å². The molecule has 0 atom stereocenters. The third-order valence-electron chi connectivity index (χ3n) is 28.1. The molecule has 138 heavy (non-hydrogen) atoms. The molecule has 1 heteroatoms. The average Bonchev–Trinajstić information content (AvgIpc) is 0.703. The number of para-hydroxylation sites is 1. The van der Waals surface area contributed by atoms with Gasteiger partial charge in [0, 0.05) is 10.9 Å². The summed E-state index contributed by atoms with van der Waals surface area (Å²) in [5, 5.41) is 26.2. The van der Waals surface area contributed by atoms with E-state index in [1.54, 1.807) is 0 Å². The monoisotopic (exact) mass is 1750 g/mol. The van der Waals surface area contributed by atoms with Gasteiger partial charge in [0.05, 0.1) is 11.2 Å². The largest absolute Gasteiger partial charge is 0.248 e. The third-order valence-corrected chi connectivity index (χ3v) is 28.1. The second-order valence-corrected chi connectivity index (χ2v) is 37.3. The van der Waals surface area contributed by atoms with Crippen LogP contribution in [0.15, 0.2) is 522 Å². The van der Waals surface area contributed by atoms with E-state index in [0.29, 0.717) is 0 Å². The zero-order valence-electron chi connectivity index (χ0n) is 77.1. The molecule has 1 heterocycles. The lowest BCUT2D eigenvalue weighted by Gasteiger charge is -2.25. The Hall–Kier alpha value is -17.5. The zero-order valence-corrected chi connectivity index (χ0v) is 77.1. The third kappa shape index (κ3) is 15.4. The van der Waals surface area contributed by atoms with Gasteiger partial charge in [0.25, 0.3) is 0 Å². The highest BCUT2D eigenvalue weighted by atomic mass is 14.7. The maximum absolute atomic E-state index is 5.17. The Morgan fingerprint density at radius 2 is 0.399 bits per heavy atom. The Kier molecular flexibility index (Phi) is 21.7. The van der Waals surface area contributed by atoms with Crippen LogP contribution in [0, 0.1) is 0 Å². The van der Waals surface area contributed by atoms with Gasteiger partial charge in [-0.3, -0.25) is 0 Å². The summed E-state index contributed by atoms with van der Waals surface area (Å²) in [5.41, 5.74) is 31.9. The predicted octanol–water partition coefficient (Wildman–Crippen LogP) is 38.4. The van der Waals surface area contributed by atoms with Gasteiger partial charge in [0.2, 0.25) is 0 Å². The van der Waals surface area contributed by atoms with Crippen molar-refractivity contribution in [2.45, 2.75) is 26.2 Å². The molecule has 0 amide bonds. The summed E-state index contributed by atoms with van der Waals surface area (Å²) in [7, 11) is 0. The van der Waals surface area contributed by atoms with Crippen molar-refractivity contribution in [3.05, 3.63) is 527 Å². The Morgan fingerprint density at radius 3 is 0.790 bits per heavy atom. The van der Waals surface area contributed by atoms with Crippen molar-refractivity contribution in [2.24, 2.45) is 0 Å². The van der Waals surface area contributed by atoms with Crippen LogP contribution < -0.4 is 0 Å². The molecular formula is C137H95N. The molecular weight excluding hydrogens is 1660 g/mol. The lowest BCUT2D eigenvalue weighted by Crippen LogP contribution is -2.10. The molecule has 0 aliphatic rings. The van der Waals surface area contributed by atoms with E-state index in [1.807, 2.05) is 0 Å². The van der Waals surface area contributed by atoms with Crippen LogP contribution >= 0.6 is 0 Å². The summed E-state index contributed by atoms with van der Waals surface area (Å²) in [6, 6.07) is 190. The van der Waals surface area contributed by atoms with Crippen molar-refractivity contribution in [3.8, 4) is 134 Å². The summed E-state index contributed by atoms with van der Waals surface area (Å²) in [4.78, 5) is 5.17. The second-order valence-electron chi connectivity index (χ2n) is 37.3. The highest BCUT2D eigenvalue weighted by Gasteiger charge is 2.29. The zero-order chi connectivity index (χ0) is 92.2. The Labute approximate surface area is 804 Å². The van der Waals surface area contributed by atoms with Gasteiger partial charge in [-0.25, -0.2) is 4.98 Å². The highest BCUT2D eigenvalue weighted by Crippen LogP contribution is 2.56. The van der Waals surface area contributed by atoms with Crippen LogP contribution in [0.1, 0.15) is 26.3 Å². The number of hydrogen-bond donors (Lipinski definition) is 0. The first kappa shape index (κ1) is 83.6. The van der Waals surface area contributed by atoms with Gasteiger partial charge in [-0.2, -0.15) is 0 Å². The van der Waals surface area contributed by atoms with Gasteiger partial charge in [-0.05, 0) is 277 Å². The summed E-state index contributed by atoms with van der Waals surface area (Å²) >= 11 is 0. The lowest BCUT2D eigenvalue weighted by atomic mass is 9.77. The molecule has 0 unspecified atom stereocenters. The van der Waals surface area contributed by atoms with E-state index in [-0.39, 0.29) is 5.41 Å². The first-order chi connectivity index (χ1) is 68.1. The topological polar surface area (TPSA) is 12.9 Å². The lowest BCUT2D eigenvalue weighted by molar-refractivity contribution is 0.590. The van der Waals surface area contributed by atoms with E-state index in [1.165, 1.54) is 241 Å². The minimum Gasteiger partial charge on any atom is -0.248 e. The van der Waals surface area contributed by atoms with E-state index in [0.717, 1.165) is 16.6 Å². The molecule has 0 spiro atoms. The predicted molar refractivity (Wildman–Crippen MR) is 594 cm³/mol. The van der Waals surface area contributed by atoms with E-state index in [4.69, 9.17) is 4.98 Å². The SMILES string of the molecule is CC(C)(C)c1cccc(-c2c3ccccc3c(-c3ccc4ccccc4c3-c3ccccc3)c3cc4ccccc4cc23)c1.c1ccc(-c2ccc(-c3c4ccccc4c(-c4ccc(-c5ccccc5)cc4)c4c(-c5ccccc5)c5ccccc5c(-c5ccccc5)c34)cc2)cc1.c1ccc(-c2ccc(-c3c4ccccc4c(-c4ccc5ccccc5n4)c4cc5ccccc5cc34)cc2)cc1. The van der Waals surface area contributed by atoms with Crippen LogP contribution in [0.5, 0.6) is 0 Å². The van der Waals surface area contributed by atoms with Crippen LogP contribution in [-0.2, 0) is 5.41 Å². The van der Waals surface area contributed by atoms with Crippen LogP contribution in [0.2, 0.25) is 0 Å². The number of hydrogen-bond acceptors (Lipinski definition) is 1. The molecule has 0 saturated heterocycles. The van der Waals surface area contributed by atoms with Gasteiger partial charge in [-0.1, -0.05) is 506 Å². The Morgan fingerprint density at radius 1 is 0.145 bits per heavy atom. The maximum atomic E-state index is 5.17. The first-order valence-corrected chi connectivity index (χ1v) is 47.9. The fourth-order valence-corrected chi connectivity index (χ4v) is 21.6. The van der Waals surface area contributed by atoms with E-state index in [2.05, 4.69) is 542 Å². The number of benzene rings is 25. The molecule has 0 aliphatic heterocycles. The maximum Gasteiger partial charge on any atom is 0.0722 e. The van der Waals surface area contributed by atoms with Gasteiger partial charge >= 0.3 is 0 Å². The molecule has 25 aromatic carbocycles. The highest BCUT2D eigenvalue weighted by molar-refractivity contribution is 6.35. The molecule has 0 aliphatic carbocycles. The molecule has 0 radical (unpaired) electrons. The van der Waals surface area contributed by atoms with Crippen molar-refractivity contribution >= 4 is 119 Å². The molecule has 1 nitrogen and oxygen atoms in total. The summed E-state index contributed by atoms with van der Waals surface area (Å²) < 4.78 is 0. The number of aromatic nitrogens is 1. The fraction of sp³-hybridized carbons (Fsp3) is 0.0292. The smallest absolute Gasteiger partial charge is 0.0722 e. The normalized spacial score (nSPS) is 11.6. The van der Waals surface area contributed by atoms with E-state index in [9.17, 15) is 0 Å². The number of fused-ring (bicyclic) bond motifs is 11. The molecule has 26 aromatic rings. The van der Waals surface area contributed by atoms with Crippen molar-refractivity contribution in [2.75, 3.05) is 0 Å². The summed E-state index contributed by atoms with van der Waals surface area (Å²) in [5.74, 6) is 0. The molecule has 0 bridgehead atoms. The number of pyridine rings is 1. The van der Waals surface area contributed by atoms with Crippen LogP contribution in [0.4, 0.5) is 0 Å². The van der Waals surface area contributed by atoms with E-state index >= 15 is 0 Å². The summed E-state index contributed by atoms with van der Waals surface area (Å²) in [6.45, 7) is 6.89. The van der Waals surface area contributed by atoms with E-state index < -0.39 is 0 Å².